The molecule has 17 heavy (non-hydrogen) atoms. The lowest BCUT2D eigenvalue weighted by molar-refractivity contribution is -0.149. The van der Waals surface area contributed by atoms with Gasteiger partial charge in [0.25, 0.3) is 0 Å². The zero-order valence-electron chi connectivity index (χ0n) is 9.64. The van der Waals surface area contributed by atoms with Gasteiger partial charge in [0.2, 0.25) is 0 Å². The predicted octanol–water partition coefficient (Wildman–Crippen LogP) is 2.20. The van der Waals surface area contributed by atoms with Gasteiger partial charge in [-0.05, 0) is 24.6 Å². The fourth-order valence-electron chi connectivity index (χ4n) is 1.95. The highest BCUT2D eigenvalue weighted by Gasteiger charge is 2.19. The number of carbonyl (C=O) groups is 1. The van der Waals surface area contributed by atoms with Crippen molar-refractivity contribution >= 4 is 16.9 Å². The average molecular weight is 233 g/mol. The second-order valence-corrected chi connectivity index (χ2v) is 3.84. The van der Waals surface area contributed by atoms with Crippen molar-refractivity contribution in [1.82, 2.24) is 4.98 Å². The molecule has 1 aromatic carbocycles. The maximum Gasteiger partial charge on any atom is 0.333 e. The van der Waals surface area contributed by atoms with Crippen LogP contribution in [-0.2, 0) is 16.0 Å². The zero-order chi connectivity index (χ0) is 12.3. The number of fused-ring (bicyclic) bond motifs is 1. The highest BCUT2D eigenvalue weighted by atomic mass is 16.5. The molecule has 90 valence electrons. The van der Waals surface area contributed by atoms with Crippen molar-refractivity contribution in [3.8, 4) is 0 Å². The van der Waals surface area contributed by atoms with Crippen LogP contribution in [0, 0.1) is 0 Å². The molecule has 0 saturated heterocycles. The SMILES string of the molecule is CCOC(Cc1cccc2[nH]ccc12)C(=O)O. The Bertz CT molecular complexity index is 518. The summed E-state index contributed by atoms with van der Waals surface area (Å²) in [5, 5.41) is 10.1. The third-order valence-corrected chi connectivity index (χ3v) is 2.73. The number of carboxylic acid groups (broad SMARTS) is 1. The van der Waals surface area contributed by atoms with Crippen molar-refractivity contribution in [3.05, 3.63) is 36.0 Å². The molecule has 2 rings (SSSR count). The molecule has 0 aliphatic carbocycles. The largest absolute Gasteiger partial charge is 0.479 e. The predicted molar refractivity (Wildman–Crippen MR) is 65.1 cm³/mol. The van der Waals surface area contributed by atoms with Crippen LogP contribution in [-0.4, -0.2) is 28.8 Å². The molecule has 4 heteroatoms. The Kier molecular flexibility index (Phi) is 3.44. The quantitative estimate of drug-likeness (QED) is 0.832. The fraction of sp³-hybridized carbons (Fsp3) is 0.308. The van der Waals surface area contributed by atoms with E-state index < -0.39 is 12.1 Å². The van der Waals surface area contributed by atoms with Gasteiger partial charge in [-0.1, -0.05) is 12.1 Å². The minimum atomic E-state index is -0.917. The number of aromatic amines is 1. The third-order valence-electron chi connectivity index (χ3n) is 2.73. The monoisotopic (exact) mass is 233 g/mol. The standard InChI is InChI=1S/C13H15NO3/c1-2-17-12(13(15)16)8-9-4-3-5-11-10(9)6-7-14-11/h3-7,12,14H,2,8H2,1H3,(H,15,16). The van der Waals surface area contributed by atoms with Crippen LogP contribution in [0.2, 0.25) is 0 Å². The molecule has 4 nitrogen and oxygen atoms in total. The summed E-state index contributed by atoms with van der Waals surface area (Å²) in [6.07, 6.45) is 1.46. The summed E-state index contributed by atoms with van der Waals surface area (Å²) < 4.78 is 5.22. The Hall–Kier alpha value is -1.81. The number of aromatic nitrogens is 1. The molecule has 0 fully saturated rings. The highest BCUT2D eigenvalue weighted by Crippen LogP contribution is 2.19. The van der Waals surface area contributed by atoms with E-state index in [1.807, 2.05) is 30.5 Å². The van der Waals surface area contributed by atoms with E-state index in [0.29, 0.717) is 13.0 Å². The summed E-state index contributed by atoms with van der Waals surface area (Å²) in [6.45, 7) is 2.20. The van der Waals surface area contributed by atoms with E-state index in [0.717, 1.165) is 16.5 Å². The molecular formula is C13H15NO3. The maximum absolute atomic E-state index is 11.0. The summed E-state index contributed by atoms with van der Waals surface area (Å²) in [6, 6.07) is 7.77. The van der Waals surface area contributed by atoms with Crippen molar-refractivity contribution in [2.75, 3.05) is 6.61 Å². The van der Waals surface area contributed by atoms with E-state index in [-0.39, 0.29) is 0 Å². The van der Waals surface area contributed by atoms with Crippen LogP contribution in [0.1, 0.15) is 12.5 Å². The van der Waals surface area contributed by atoms with Gasteiger partial charge in [-0.2, -0.15) is 0 Å². The summed E-state index contributed by atoms with van der Waals surface area (Å²) in [7, 11) is 0. The van der Waals surface area contributed by atoms with Crippen molar-refractivity contribution in [2.45, 2.75) is 19.4 Å². The van der Waals surface area contributed by atoms with Gasteiger partial charge in [0.05, 0.1) is 0 Å². The van der Waals surface area contributed by atoms with Gasteiger partial charge in [-0.15, -0.1) is 0 Å². The minimum Gasteiger partial charge on any atom is -0.479 e. The van der Waals surface area contributed by atoms with E-state index in [1.165, 1.54) is 0 Å². The van der Waals surface area contributed by atoms with Gasteiger partial charge >= 0.3 is 5.97 Å². The van der Waals surface area contributed by atoms with E-state index in [9.17, 15) is 4.79 Å². The molecule has 0 bridgehead atoms. The molecule has 0 aliphatic rings. The topological polar surface area (TPSA) is 62.3 Å². The normalized spacial score (nSPS) is 12.8. The first-order valence-electron chi connectivity index (χ1n) is 5.61. The molecule has 0 radical (unpaired) electrons. The number of ether oxygens (including phenoxy) is 1. The van der Waals surface area contributed by atoms with Crippen LogP contribution in [0.25, 0.3) is 10.9 Å². The van der Waals surface area contributed by atoms with E-state index in [2.05, 4.69) is 4.98 Å². The Morgan fingerprint density at radius 1 is 1.47 bits per heavy atom. The molecule has 2 aromatic rings. The molecule has 1 heterocycles. The van der Waals surface area contributed by atoms with Gasteiger partial charge < -0.3 is 14.8 Å². The number of aliphatic carboxylic acids is 1. The van der Waals surface area contributed by atoms with Crippen molar-refractivity contribution < 1.29 is 14.6 Å². The van der Waals surface area contributed by atoms with Crippen molar-refractivity contribution in [2.24, 2.45) is 0 Å². The molecule has 2 N–H and O–H groups in total. The van der Waals surface area contributed by atoms with Crippen LogP contribution in [0.4, 0.5) is 0 Å². The smallest absolute Gasteiger partial charge is 0.333 e. The molecule has 1 aromatic heterocycles. The summed E-state index contributed by atoms with van der Waals surface area (Å²) >= 11 is 0. The summed E-state index contributed by atoms with van der Waals surface area (Å²) in [4.78, 5) is 14.1. The third kappa shape index (κ3) is 2.47. The van der Waals surface area contributed by atoms with Crippen LogP contribution in [0.3, 0.4) is 0 Å². The van der Waals surface area contributed by atoms with Gasteiger partial charge in [0.1, 0.15) is 0 Å². The van der Waals surface area contributed by atoms with Crippen LogP contribution >= 0.6 is 0 Å². The number of hydrogen-bond acceptors (Lipinski definition) is 2. The van der Waals surface area contributed by atoms with Gasteiger partial charge in [0, 0.05) is 30.1 Å². The Labute approximate surface area is 99.2 Å². The number of nitrogens with one attached hydrogen (secondary N) is 1. The highest BCUT2D eigenvalue weighted by molar-refractivity contribution is 5.84. The molecule has 0 saturated carbocycles. The molecule has 1 atom stereocenters. The first-order chi connectivity index (χ1) is 8.22. The molecule has 0 spiro atoms. The second-order valence-electron chi connectivity index (χ2n) is 3.84. The number of H-pyrrole nitrogens is 1. The lowest BCUT2D eigenvalue weighted by Crippen LogP contribution is -2.26. The number of benzene rings is 1. The lowest BCUT2D eigenvalue weighted by atomic mass is 10.0. The molecule has 1 unspecified atom stereocenters. The minimum absolute atomic E-state index is 0.387. The van der Waals surface area contributed by atoms with Gasteiger partial charge in [0.15, 0.2) is 6.10 Å². The van der Waals surface area contributed by atoms with Crippen molar-refractivity contribution in [1.29, 1.82) is 0 Å². The van der Waals surface area contributed by atoms with E-state index in [1.54, 1.807) is 6.92 Å². The Balaban J connectivity index is 2.27. The van der Waals surface area contributed by atoms with E-state index >= 15 is 0 Å². The average Bonchev–Trinajstić information content (AvgIpc) is 2.77. The summed E-state index contributed by atoms with van der Waals surface area (Å²) in [5.74, 6) is -0.917. The number of rotatable bonds is 5. The molecule has 0 amide bonds. The van der Waals surface area contributed by atoms with Gasteiger partial charge in [-0.3, -0.25) is 0 Å². The lowest BCUT2D eigenvalue weighted by Gasteiger charge is -2.12. The van der Waals surface area contributed by atoms with Crippen molar-refractivity contribution in [3.63, 3.8) is 0 Å². The van der Waals surface area contributed by atoms with Gasteiger partial charge in [-0.25, -0.2) is 4.79 Å². The van der Waals surface area contributed by atoms with Crippen LogP contribution < -0.4 is 0 Å². The number of carboxylic acids is 1. The Morgan fingerprint density at radius 3 is 3.00 bits per heavy atom. The number of hydrogen-bond donors (Lipinski definition) is 2. The maximum atomic E-state index is 11.0. The summed E-state index contributed by atoms with van der Waals surface area (Å²) in [5.41, 5.74) is 2.01. The molecule has 0 aliphatic heterocycles. The zero-order valence-corrected chi connectivity index (χ0v) is 9.64. The Morgan fingerprint density at radius 2 is 2.29 bits per heavy atom. The van der Waals surface area contributed by atoms with Crippen LogP contribution in [0.15, 0.2) is 30.5 Å². The fourth-order valence-corrected chi connectivity index (χ4v) is 1.95. The first kappa shape index (κ1) is 11.7. The van der Waals surface area contributed by atoms with E-state index in [4.69, 9.17) is 9.84 Å². The first-order valence-corrected chi connectivity index (χ1v) is 5.61. The van der Waals surface area contributed by atoms with Crippen LogP contribution in [0.5, 0.6) is 0 Å². The second kappa shape index (κ2) is 5.01. The molecular weight excluding hydrogens is 218 g/mol.